The fourth-order valence-electron chi connectivity index (χ4n) is 3.39. The van der Waals surface area contributed by atoms with Gasteiger partial charge in [0.2, 0.25) is 0 Å². The highest BCUT2D eigenvalue weighted by molar-refractivity contribution is 5.60. The Balaban J connectivity index is 1.54. The molecule has 2 aromatic heterocycles. The van der Waals surface area contributed by atoms with Crippen LogP contribution in [0.25, 0.3) is 11.4 Å². The molecule has 3 heterocycles. The zero-order valence-electron chi connectivity index (χ0n) is 16.4. The van der Waals surface area contributed by atoms with Crippen molar-refractivity contribution in [3.8, 4) is 11.4 Å². The predicted molar refractivity (Wildman–Crippen MR) is 108 cm³/mol. The Morgan fingerprint density at radius 1 is 1.24 bits per heavy atom. The first kappa shape index (κ1) is 19.0. The molecule has 0 N–H and O–H groups in total. The molecule has 1 aromatic carbocycles. The summed E-state index contributed by atoms with van der Waals surface area (Å²) < 4.78 is 7.81. The normalized spacial score (nSPS) is 16.8. The summed E-state index contributed by atoms with van der Waals surface area (Å²) in [6.07, 6.45) is 3.86. The number of benzene rings is 1. The number of morpholine rings is 1. The Morgan fingerprint density at radius 3 is 2.72 bits per heavy atom. The third-order valence-electron chi connectivity index (χ3n) is 4.79. The average molecular weight is 394 g/mol. The Bertz CT molecular complexity index is 1020. The lowest BCUT2D eigenvalue weighted by atomic mass is 10.2. The summed E-state index contributed by atoms with van der Waals surface area (Å²) in [5.74, 6) is 1.39. The summed E-state index contributed by atoms with van der Waals surface area (Å²) in [6.45, 7) is 6.68. The van der Waals surface area contributed by atoms with Crippen LogP contribution in [-0.4, -0.2) is 50.5 Å². The Kier molecular flexibility index (Phi) is 5.22. The van der Waals surface area contributed by atoms with E-state index in [0.717, 1.165) is 29.2 Å². The van der Waals surface area contributed by atoms with Crippen molar-refractivity contribution in [3.05, 3.63) is 64.1 Å². The number of ether oxygens (including phenoxy) is 1. The monoisotopic (exact) mass is 394 g/mol. The van der Waals surface area contributed by atoms with Gasteiger partial charge in [0, 0.05) is 48.7 Å². The molecule has 1 saturated heterocycles. The van der Waals surface area contributed by atoms with Crippen LogP contribution in [0.2, 0.25) is 0 Å². The Hall–Kier alpha value is -3.33. The molecular weight excluding hydrogens is 372 g/mol. The van der Waals surface area contributed by atoms with Crippen LogP contribution in [0.3, 0.4) is 0 Å². The highest BCUT2D eigenvalue weighted by Crippen LogP contribution is 2.24. The molecule has 150 valence electrons. The molecular formula is C20H22N6O3. The first-order chi connectivity index (χ1) is 14.0. The standard InChI is InChI=1S/C20H22N6O3/c1-14-10-21-25(11-14)13-18-12-24(7-8-29-18)19-9-15(2)22-20(23-19)16-3-5-17(6-4-16)26(27)28/h3-6,9-11,18H,7-8,12-13H2,1-2H3. The van der Waals surface area contributed by atoms with Crippen molar-refractivity contribution in [2.75, 3.05) is 24.6 Å². The molecule has 4 rings (SSSR count). The van der Waals surface area contributed by atoms with Gasteiger partial charge < -0.3 is 9.64 Å². The van der Waals surface area contributed by atoms with Crippen molar-refractivity contribution < 1.29 is 9.66 Å². The fourth-order valence-corrected chi connectivity index (χ4v) is 3.39. The van der Waals surface area contributed by atoms with E-state index in [-0.39, 0.29) is 11.8 Å². The van der Waals surface area contributed by atoms with Gasteiger partial charge >= 0.3 is 0 Å². The predicted octanol–water partition coefficient (Wildman–Crippen LogP) is 2.77. The van der Waals surface area contributed by atoms with Gasteiger partial charge in [-0.2, -0.15) is 5.10 Å². The molecule has 1 atom stereocenters. The molecule has 0 amide bonds. The van der Waals surface area contributed by atoms with Crippen LogP contribution in [0, 0.1) is 24.0 Å². The summed E-state index contributed by atoms with van der Waals surface area (Å²) in [5, 5.41) is 15.2. The second-order valence-corrected chi connectivity index (χ2v) is 7.17. The topological polar surface area (TPSA) is 99.2 Å². The molecule has 0 bridgehead atoms. The number of rotatable bonds is 5. The van der Waals surface area contributed by atoms with E-state index in [2.05, 4.69) is 15.0 Å². The molecule has 1 aliphatic rings. The van der Waals surface area contributed by atoms with Crippen LogP contribution in [0.4, 0.5) is 11.5 Å². The van der Waals surface area contributed by atoms with E-state index in [1.54, 1.807) is 12.1 Å². The largest absolute Gasteiger partial charge is 0.373 e. The third-order valence-corrected chi connectivity index (χ3v) is 4.79. The van der Waals surface area contributed by atoms with Gasteiger partial charge in [-0.1, -0.05) is 0 Å². The number of nitro benzene ring substituents is 1. The van der Waals surface area contributed by atoms with Gasteiger partial charge in [0.15, 0.2) is 5.82 Å². The number of nitrogens with zero attached hydrogens (tertiary/aromatic N) is 6. The van der Waals surface area contributed by atoms with Crippen LogP contribution < -0.4 is 4.90 Å². The summed E-state index contributed by atoms with van der Waals surface area (Å²) in [5.41, 5.74) is 2.76. The van der Waals surface area contributed by atoms with Gasteiger partial charge in [-0.05, 0) is 31.5 Å². The highest BCUT2D eigenvalue weighted by atomic mass is 16.6. The maximum absolute atomic E-state index is 10.9. The van der Waals surface area contributed by atoms with E-state index < -0.39 is 4.92 Å². The maximum Gasteiger partial charge on any atom is 0.269 e. The second-order valence-electron chi connectivity index (χ2n) is 7.17. The Morgan fingerprint density at radius 2 is 2.03 bits per heavy atom. The number of nitro groups is 1. The number of aryl methyl sites for hydroxylation is 2. The van der Waals surface area contributed by atoms with E-state index >= 15 is 0 Å². The van der Waals surface area contributed by atoms with Crippen LogP contribution >= 0.6 is 0 Å². The minimum atomic E-state index is -0.415. The molecule has 29 heavy (non-hydrogen) atoms. The van der Waals surface area contributed by atoms with Gasteiger partial charge in [-0.15, -0.1) is 0 Å². The van der Waals surface area contributed by atoms with Gasteiger partial charge in [0.25, 0.3) is 5.69 Å². The van der Waals surface area contributed by atoms with Gasteiger partial charge in [-0.3, -0.25) is 14.8 Å². The molecule has 0 aliphatic carbocycles. The van der Waals surface area contributed by atoms with Crippen molar-refractivity contribution in [2.24, 2.45) is 0 Å². The zero-order chi connectivity index (χ0) is 20.4. The molecule has 1 aliphatic heterocycles. The molecule has 1 unspecified atom stereocenters. The molecule has 3 aromatic rings. The lowest BCUT2D eigenvalue weighted by Crippen LogP contribution is -2.44. The number of hydrogen-bond acceptors (Lipinski definition) is 7. The smallest absolute Gasteiger partial charge is 0.269 e. The van der Waals surface area contributed by atoms with Crippen LogP contribution in [0.15, 0.2) is 42.7 Å². The van der Waals surface area contributed by atoms with E-state index in [1.165, 1.54) is 12.1 Å². The molecule has 0 spiro atoms. The van der Waals surface area contributed by atoms with Crippen molar-refractivity contribution >= 4 is 11.5 Å². The molecule has 0 radical (unpaired) electrons. The Labute approximate surface area is 168 Å². The third kappa shape index (κ3) is 4.40. The zero-order valence-corrected chi connectivity index (χ0v) is 16.4. The molecule has 9 heteroatoms. The minimum absolute atomic E-state index is 0.0150. The lowest BCUT2D eigenvalue weighted by molar-refractivity contribution is -0.384. The lowest BCUT2D eigenvalue weighted by Gasteiger charge is -2.34. The van der Waals surface area contributed by atoms with E-state index in [9.17, 15) is 10.1 Å². The van der Waals surface area contributed by atoms with Gasteiger partial charge in [0.05, 0.1) is 30.4 Å². The highest BCUT2D eigenvalue weighted by Gasteiger charge is 2.23. The second kappa shape index (κ2) is 7.96. The number of non-ortho nitro benzene ring substituents is 1. The molecule has 9 nitrogen and oxygen atoms in total. The first-order valence-corrected chi connectivity index (χ1v) is 9.44. The number of aromatic nitrogens is 4. The van der Waals surface area contributed by atoms with E-state index in [4.69, 9.17) is 9.72 Å². The summed E-state index contributed by atoms with van der Waals surface area (Å²) in [7, 11) is 0. The van der Waals surface area contributed by atoms with Crippen molar-refractivity contribution in [2.45, 2.75) is 26.5 Å². The summed E-state index contributed by atoms with van der Waals surface area (Å²) in [6, 6.07) is 8.25. The van der Waals surface area contributed by atoms with Crippen molar-refractivity contribution in [1.29, 1.82) is 0 Å². The number of hydrogen-bond donors (Lipinski definition) is 0. The summed E-state index contributed by atoms with van der Waals surface area (Å²) in [4.78, 5) is 21.9. The first-order valence-electron chi connectivity index (χ1n) is 9.44. The van der Waals surface area contributed by atoms with E-state index in [0.29, 0.717) is 25.5 Å². The number of anilines is 1. The summed E-state index contributed by atoms with van der Waals surface area (Å²) >= 11 is 0. The fraction of sp³-hybridized carbons (Fsp3) is 0.350. The SMILES string of the molecule is Cc1cnn(CC2CN(c3cc(C)nc(-c4ccc([N+](=O)[O-])cc4)n3)CCO2)c1. The molecule has 0 saturated carbocycles. The maximum atomic E-state index is 10.9. The van der Waals surface area contributed by atoms with Crippen LogP contribution in [-0.2, 0) is 11.3 Å². The quantitative estimate of drug-likeness (QED) is 0.485. The average Bonchev–Trinajstić information content (AvgIpc) is 3.12. The van der Waals surface area contributed by atoms with Gasteiger partial charge in [0.1, 0.15) is 5.82 Å². The molecule has 1 fully saturated rings. The van der Waals surface area contributed by atoms with Crippen LogP contribution in [0.5, 0.6) is 0 Å². The van der Waals surface area contributed by atoms with E-state index in [1.807, 2.05) is 37.0 Å². The van der Waals surface area contributed by atoms with Crippen molar-refractivity contribution in [1.82, 2.24) is 19.7 Å². The van der Waals surface area contributed by atoms with Crippen LogP contribution in [0.1, 0.15) is 11.3 Å². The minimum Gasteiger partial charge on any atom is -0.373 e. The van der Waals surface area contributed by atoms with Crippen molar-refractivity contribution in [3.63, 3.8) is 0 Å². The van der Waals surface area contributed by atoms with Gasteiger partial charge in [-0.25, -0.2) is 9.97 Å².